The molecule has 0 unspecified atom stereocenters. The van der Waals surface area contributed by atoms with Gasteiger partial charge in [-0.3, -0.25) is 0 Å². The van der Waals surface area contributed by atoms with E-state index in [1.54, 1.807) is 0 Å². The van der Waals surface area contributed by atoms with Crippen molar-refractivity contribution in [1.82, 2.24) is 0 Å². The van der Waals surface area contributed by atoms with Gasteiger partial charge in [-0.05, 0) is 0 Å². The Hall–Kier alpha value is -5.70. The van der Waals surface area contributed by atoms with Crippen LogP contribution in [-0.4, -0.2) is 14.5 Å². The fourth-order valence-electron chi connectivity index (χ4n) is 7.23. The molecule has 0 saturated heterocycles. The molecule has 0 aliphatic carbocycles. The van der Waals surface area contributed by atoms with Crippen molar-refractivity contribution >= 4 is 82.6 Å². The van der Waals surface area contributed by atoms with Crippen molar-refractivity contribution in [3.63, 3.8) is 0 Å². The molecule has 0 bridgehead atoms. The van der Waals surface area contributed by atoms with Gasteiger partial charge in [0, 0.05) is 0 Å². The summed E-state index contributed by atoms with van der Waals surface area (Å²) in [5.74, 6) is 0. The van der Waals surface area contributed by atoms with Crippen molar-refractivity contribution in [1.29, 1.82) is 5.26 Å². The molecule has 8 aromatic carbocycles. The molecule has 2 nitrogen and oxygen atoms in total. The van der Waals surface area contributed by atoms with Crippen molar-refractivity contribution in [2.75, 3.05) is 0 Å². The van der Waals surface area contributed by atoms with Gasteiger partial charge in [0.15, 0.2) is 0 Å². The molecule has 9 aromatic rings. The number of fused-ring (bicyclic) bond motifs is 7. The molecule has 0 radical (unpaired) electrons. The van der Waals surface area contributed by atoms with Gasteiger partial charge in [0.05, 0.1) is 0 Å². The quantitative estimate of drug-likeness (QED) is 0.106. The van der Waals surface area contributed by atoms with E-state index < -0.39 is 0 Å². The molecule has 0 spiro atoms. The van der Waals surface area contributed by atoms with Crippen LogP contribution >= 0.6 is 0 Å². The summed E-state index contributed by atoms with van der Waals surface area (Å²) in [5.41, 5.74) is 6.28. The van der Waals surface area contributed by atoms with Crippen LogP contribution in [0, 0.1) is 17.9 Å². The third-order valence-electron chi connectivity index (χ3n) is 9.11. The molecule has 0 aliphatic heterocycles. The monoisotopic (exact) mass is 634 g/mol. The summed E-state index contributed by atoms with van der Waals surface area (Å²) in [6.07, 6.45) is 0. The van der Waals surface area contributed by atoms with Crippen LogP contribution in [0.2, 0.25) is 0 Å². The Bertz CT molecular complexity index is 2680. The summed E-state index contributed by atoms with van der Waals surface area (Å²) in [6, 6.07) is 49.5. The Labute approximate surface area is 265 Å². The number of hydrogen-bond donors (Lipinski definition) is 0. The molecule has 3 heteroatoms. The number of hydrogen-bond acceptors (Lipinski definition) is 1. The Kier molecular flexibility index (Phi) is 5.68. The van der Waals surface area contributed by atoms with Crippen molar-refractivity contribution in [3.8, 4) is 28.3 Å². The molecule has 1 aromatic heterocycles. The van der Waals surface area contributed by atoms with Crippen molar-refractivity contribution in [2.24, 2.45) is 0 Å². The van der Waals surface area contributed by atoms with E-state index in [-0.39, 0.29) is 14.5 Å². The zero-order chi connectivity index (χ0) is 30.1. The molecule has 1 heterocycles. The second kappa shape index (κ2) is 9.92. The fraction of sp³-hybridized carbons (Fsp3) is 0. The van der Waals surface area contributed by atoms with Gasteiger partial charge in [0.1, 0.15) is 0 Å². The third-order valence-corrected chi connectivity index (χ3v) is 11.6. The average Bonchev–Trinajstić information content (AvgIpc) is 3.47. The van der Waals surface area contributed by atoms with E-state index in [0.717, 1.165) is 48.7 Å². The van der Waals surface area contributed by atoms with E-state index in [9.17, 15) is 5.26 Å². The predicted molar refractivity (Wildman–Crippen MR) is 190 cm³/mol. The molecule has 0 amide bonds. The fourth-order valence-corrected chi connectivity index (χ4v) is 9.87. The zero-order valence-corrected chi connectivity index (χ0v) is 25.7. The van der Waals surface area contributed by atoms with Crippen LogP contribution in [0.3, 0.4) is 0 Å². The molecular weight excluding hydrogens is 611 g/mol. The molecule has 45 heavy (non-hydrogen) atoms. The van der Waals surface area contributed by atoms with Gasteiger partial charge in [0.25, 0.3) is 0 Å². The van der Waals surface area contributed by atoms with Crippen LogP contribution in [0.25, 0.3) is 89.5 Å². The van der Waals surface area contributed by atoms with Crippen LogP contribution in [-0.2, 0) is 0 Å². The normalized spacial score (nSPS) is 11.5. The molecule has 9 rings (SSSR count). The molecular formula is C42H22N2Se. The van der Waals surface area contributed by atoms with Gasteiger partial charge in [-0.15, -0.1) is 0 Å². The molecule has 0 saturated carbocycles. The van der Waals surface area contributed by atoms with E-state index in [4.69, 9.17) is 6.57 Å². The van der Waals surface area contributed by atoms with Crippen LogP contribution in [0.4, 0.5) is 5.69 Å². The third kappa shape index (κ3) is 3.67. The van der Waals surface area contributed by atoms with Crippen LogP contribution in [0.5, 0.6) is 0 Å². The minimum atomic E-state index is 0.0788. The maximum absolute atomic E-state index is 10.2. The van der Waals surface area contributed by atoms with Gasteiger partial charge in [-0.25, -0.2) is 0 Å². The van der Waals surface area contributed by atoms with Gasteiger partial charge >= 0.3 is 267 Å². The summed E-state index contributed by atoms with van der Waals surface area (Å²) in [5, 5.41) is 21.2. The Morgan fingerprint density at radius 1 is 0.511 bits per heavy atom. The first-order valence-corrected chi connectivity index (χ1v) is 16.6. The van der Waals surface area contributed by atoms with E-state index >= 15 is 0 Å². The van der Waals surface area contributed by atoms with Crippen molar-refractivity contribution in [3.05, 3.63) is 150 Å². The van der Waals surface area contributed by atoms with E-state index in [0.29, 0.717) is 5.69 Å². The first kappa shape index (κ1) is 25.8. The second-order valence-corrected chi connectivity index (χ2v) is 13.6. The Morgan fingerprint density at radius 2 is 1.02 bits per heavy atom. The predicted octanol–water partition coefficient (Wildman–Crippen LogP) is 11.4. The van der Waals surface area contributed by atoms with Crippen molar-refractivity contribution in [2.45, 2.75) is 0 Å². The maximum atomic E-state index is 10.2. The minimum absolute atomic E-state index is 0.0788. The van der Waals surface area contributed by atoms with E-state index in [1.807, 2.05) is 24.3 Å². The molecule has 0 fully saturated rings. The van der Waals surface area contributed by atoms with Crippen LogP contribution in [0.15, 0.2) is 133 Å². The number of rotatable bonds is 2. The SMILES string of the molecule is [C-]#[N+]c1c2ccccc2c(-c2ccc3c(c2)[se]c2c(-c4c5ccccc5c(C#N)c5ccccc45)cccc23)c2ccccc12. The van der Waals surface area contributed by atoms with Gasteiger partial charge in [-0.1, -0.05) is 0 Å². The van der Waals surface area contributed by atoms with E-state index in [2.05, 4.69) is 120 Å². The summed E-state index contributed by atoms with van der Waals surface area (Å²) < 4.78 is 2.75. The topological polar surface area (TPSA) is 28.1 Å². The Balaban J connectivity index is 1.36. The summed E-state index contributed by atoms with van der Waals surface area (Å²) in [7, 11) is 0. The van der Waals surface area contributed by atoms with Crippen LogP contribution in [0.1, 0.15) is 5.56 Å². The summed E-state index contributed by atoms with van der Waals surface area (Å²) in [4.78, 5) is 3.97. The molecule has 0 atom stereocenters. The van der Waals surface area contributed by atoms with Gasteiger partial charge < -0.3 is 0 Å². The number of benzene rings is 8. The molecule has 0 N–H and O–H groups in total. The van der Waals surface area contributed by atoms with Crippen molar-refractivity contribution < 1.29 is 0 Å². The van der Waals surface area contributed by atoms with Gasteiger partial charge in [-0.2, -0.15) is 0 Å². The van der Waals surface area contributed by atoms with Crippen LogP contribution < -0.4 is 0 Å². The summed E-state index contributed by atoms with van der Waals surface area (Å²) in [6.45, 7) is 7.98. The number of nitriles is 1. The first-order valence-electron chi connectivity index (χ1n) is 14.9. The zero-order valence-electron chi connectivity index (χ0n) is 24.0. The first-order chi connectivity index (χ1) is 22.3. The molecule has 206 valence electrons. The van der Waals surface area contributed by atoms with E-state index in [1.165, 1.54) is 41.5 Å². The second-order valence-electron chi connectivity index (χ2n) is 11.4. The number of nitrogens with zero attached hydrogens (tertiary/aromatic N) is 2. The van der Waals surface area contributed by atoms with Gasteiger partial charge in [0.2, 0.25) is 0 Å². The standard InChI is InChI=1S/C42H22N2Se/c1-44-41-33-17-8-6-15-31(33)39(32-16-7-9-18-34(32)41)25-21-22-28-35-19-10-20-36(42(35)45-38(28)23-25)40-29-13-4-2-11-26(29)37(24-43)27-12-3-5-14-30(27)40/h2-23H. The Morgan fingerprint density at radius 3 is 1.58 bits per heavy atom. The molecule has 0 aliphatic rings. The average molecular weight is 634 g/mol. The summed E-state index contributed by atoms with van der Waals surface area (Å²) >= 11 is 0.0788.